The summed E-state index contributed by atoms with van der Waals surface area (Å²) in [5, 5.41) is 14.1. The summed E-state index contributed by atoms with van der Waals surface area (Å²) in [4.78, 5) is 16.3. The molecule has 0 spiro atoms. The molecule has 1 N–H and O–H groups in total. The van der Waals surface area contributed by atoms with Gasteiger partial charge in [0.05, 0.1) is 12.1 Å². The number of carboxylic acid groups (broad SMARTS) is 1. The average Bonchev–Trinajstić information content (AvgIpc) is 3.14. The molecule has 30 heavy (non-hydrogen) atoms. The molecule has 3 aromatic rings. The lowest BCUT2D eigenvalue weighted by Crippen LogP contribution is -2.05. The van der Waals surface area contributed by atoms with Crippen LogP contribution in [-0.4, -0.2) is 25.8 Å². The number of benzene rings is 2. The molecule has 0 aliphatic rings. The molecule has 5 heteroatoms. The van der Waals surface area contributed by atoms with Crippen LogP contribution < -0.4 is 0 Å². The monoisotopic (exact) mass is 403 g/mol. The number of hydrogen-bond acceptors (Lipinski definition) is 3. The zero-order chi connectivity index (χ0) is 21.3. The molecule has 3 rings (SSSR count). The molecule has 5 nitrogen and oxygen atoms in total. The summed E-state index contributed by atoms with van der Waals surface area (Å²) >= 11 is 0. The van der Waals surface area contributed by atoms with Crippen LogP contribution in [0.15, 0.2) is 60.7 Å². The standard InChI is InChI=1S/C25H29N3O2/c1-3-5-7-12-23-26-24(28(27-23)17-6-4-2)18-19-13-15-20(16-14-19)21-10-8-9-11-22(21)25(29)30/h4,6,8-11,13-16H,3,5,7,12,17-18H2,1-2H3,(H,29,30). The number of hydrogen-bond donors (Lipinski definition) is 1. The molecule has 2 aromatic carbocycles. The van der Waals surface area contributed by atoms with Crippen molar-refractivity contribution in [3.05, 3.63) is 83.5 Å². The van der Waals surface area contributed by atoms with Crippen molar-refractivity contribution in [2.24, 2.45) is 0 Å². The molecular formula is C25H29N3O2. The van der Waals surface area contributed by atoms with Gasteiger partial charge in [-0.3, -0.25) is 0 Å². The van der Waals surface area contributed by atoms with Crippen LogP contribution in [0.5, 0.6) is 0 Å². The Hall–Kier alpha value is -3.21. The Morgan fingerprint density at radius 1 is 1.10 bits per heavy atom. The van der Waals surface area contributed by atoms with Gasteiger partial charge >= 0.3 is 5.97 Å². The smallest absolute Gasteiger partial charge is 0.336 e. The number of nitrogens with zero attached hydrogens (tertiary/aromatic N) is 3. The van der Waals surface area contributed by atoms with E-state index < -0.39 is 5.97 Å². The summed E-state index contributed by atoms with van der Waals surface area (Å²) < 4.78 is 1.98. The highest BCUT2D eigenvalue weighted by molar-refractivity contribution is 5.95. The van der Waals surface area contributed by atoms with Gasteiger partial charge < -0.3 is 5.11 Å². The minimum absolute atomic E-state index is 0.313. The predicted molar refractivity (Wildman–Crippen MR) is 120 cm³/mol. The van der Waals surface area contributed by atoms with Crippen molar-refractivity contribution >= 4 is 5.97 Å². The third-order valence-corrected chi connectivity index (χ3v) is 5.09. The summed E-state index contributed by atoms with van der Waals surface area (Å²) in [6.07, 6.45) is 9.20. The number of aryl methyl sites for hydroxylation is 1. The summed E-state index contributed by atoms with van der Waals surface area (Å²) in [6, 6.07) is 15.1. The van der Waals surface area contributed by atoms with Gasteiger partial charge in [0.25, 0.3) is 0 Å². The lowest BCUT2D eigenvalue weighted by Gasteiger charge is -2.08. The zero-order valence-corrected chi connectivity index (χ0v) is 17.7. The third-order valence-electron chi connectivity index (χ3n) is 5.09. The summed E-state index contributed by atoms with van der Waals surface area (Å²) in [5.74, 6) is 0.954. The number of carboxylic acids is 1. The SMILES string of the molecule is CC=CCn1nc(CCCCC)nc1Cc1ccc(-c2ccccc2C(=O)O)cc1. The highest BCUT2D eigenvalue weighted by Crippen LogP contribution is 2.24. The molecule has 0 amide bonds. The summed E-state index contributed by atoms with van der Waals surface area (Å²) in [5.41, 5.74) is 3.06. The summed E-state index contributed by atoms with van der Waals surface area (Å²) in [7, 11) is 0. The van der Waals surface area contributed by atoms with E-state index in [0.29, 0.717) is 12.0 Å². The van der Waals surface area contributed by atoms with Crippen molar-refractivity contribution in [1.82, 2.24) is 14.8 Å². The van der Waals surface area contributed by atoms with Crippen LogP contribution in [0, 0.1) is 0 Å². The van der Waals surface area contributed by atoms with Gasteiger partial charge in [-0.2, -0.15) is 5.10 Å². The fraction of sp³-hybridized carbons (Fsp3) is 0.320. The molecule has 0 saturated heterocycles. The molecule has 0 saturated carbocycles. The minimum atomic E-state index is -0.914. The highest BCUT2D eigenvalue weighted by atomic mass is 16.4. The van der Waals surface area contributed by atoms with Gasteiger partial charge in [-0.1, -0.05) is 74.4 Å². The minimum Gasteiger partial charge on any atom is -0.478 e. The largest absolute Gasteiger partial charge is 0.478 e. The van der Waals surface area contributed by atoms with E-state index in [0.717, 1.165) is 47.7 Å². The van der Waals surface area contributed by atoms with Gasteiger partial charge in [-0.25, -0.2) is 14.5 Å². The van der Waals surface area contributed by atoms with Crippen molar-refractivity contribution in [1.29, 1.82) is 0 Å². The van der Waals surface area contributed by atoms with Crippen LogP contribution in [-0.2, 0) is 19.4 Å². The molecule has 0 fully saturated rings. The van der Waals surface area contributed by atoms with E-state index in [1.807, 2.05) is 54.1 Å². The van der Waals surface area contributed by atoms with Gasteiger partial charge in [0.15, 0.2) is 5.82 Å². The first-order valence-electron chi connectivity index (χ1n) is 10.6. The maximum atomic E-state index is 11.5. The van der Waals surface area contributed by atoms with E-state index in [9.17, 15) is 9.90 Å². The van der Waals surface area contributed by atoms with Gasteiger partial charge in [0, 0.05) is 12.8 Å². The summed E-state index contributed by atoms with van der Waals surface area (Å²) in [6.45, 7) is 4.92. The molecule has 0 atom stereocenters. The molecule has 0 radical (unpaired) electrons. The molecule has 0 bridgehead atoms. The van der Waals surface area contributed by atoms with Crippen molar-refractivity contribution < 1.29 is 9.90 Å². The Morgan fingerprint density at radius 2 is 1.87 bits per heavy atom. The molecule has 1 aromatic heterocycles. The van der Waals surface area contributed by atoms with E-state index in [1.165, 1.54) is 12.8 Å². The van der Waals surface area contributed by atoms with Crippen LogP contribution in [0.25, 0.3) is 11.1 Å². The lowest BCUT2D eigenvalue weighted by molar-refractivity contribution is 0.0697. The molecule has 0 aliphatic carbocycles. The maximum Gasteiger partial charge on any atom is 0.336 e. The van der Waals surface area contributed by atoms with Crippen molar-refractivity contribution in [2.75, 3.05) is 0 Å². The van der Waals surface area contributed by atoms with Crippen molar-refractivity contribution in [2.45, 2.75) is 52.5 Å². The first-order chi connectivity index (χ1) is 14.6. The highest BCUT2D eigenvalue weighted by Gasteiger charge is 2.12. The Labute approximate surface area is 178 Å². The Balaban J connectivity index is 1.80. The third kappa shape index (κ3) is 5.44. The van der Waals surface area contributed by atoms with E-state index in [4.69, 9.17) is 10.1 Å². The van der Waals surface area contributed by atoms with Crippen LogP contribution >= 0.6 is 0 Å². The van der Waals surface area contributed by atoms with Crippen LogP contribution in [0.3, 0.4) is 0 Å². The normalized spacial score (nSPS) is 11.3. The molecule has 1 heterocycles. The first kappa shape index (κ1) is 21.5. The maximum absolute atomic E-state index is 11.5. The number of rotatable bonds is 10. The van der Waals surface area contributed by atoms with E-state index in [1.54, 1.807) is 12.1 Å². The Morgan fingerprint density at radius 3 is 2.57 bits per heavy atom. The fourth-order valence-corrected chi connectivity index (χ4v) is 3.45. The molecular weight excluding hydrogens is 374 g/mol. The van der Waals surface area contributed by atoms with E-state index in [-0.39, 0.29) is 0 Å². The second-order valence-corrected chi connectivity index (χ2v) is 7.38. The van der Waals surface area contributed by atoms with Crippen LogP contribution in [0.1, 0.15) is 60.7 Å². The second-order valence-electron chi connectivity index (χ2n) is 7.38. The van der Waals surface area contributed by atoms with Gasteiger partial charge in [-0.15, -0.1) is 0 Å². The zero-order valence-electron chi connectivity index (χ0n) is 17.7. The predicted octanol–water partition coefficient (Wildman–Crippen LogP) is 5.54. The fourth-order valence-electron chi connectivity index (χ4n) is 3.45. The van der Waals surface area contributed by atoms with Gasteiger partial charge in [-0.05, 0) is 36.1 Å². The number of aromatic nitrogens is 3. The molecule has 0 unspecified atom stereocenters. The second kappa shape index (κ2) is 10.5. The Bertz CT molecular complexity index is 1000. The molecule has 0 aliphatic heterocycles. The van der Waals surface area contributed by atoms with Crippen molar-refractivity contribution in [3.63, 3.8) is 0 Å². The molecule has 156 valence electrons. The Kier molecular flexibility index (Phi) is 7.55. The average molecular weight is 404 g/mol. The number of allylic oxidation sites excluding steroid dienone is 2. The number of unbranched alkanes of at least 4 members (excludes halogenated alkanes) is 2. The van der Waals surface area contributed by atoms with E-state index >= 15 is 0 Å². The topological polar surface area (TPSA) is 68.0 Å². The van der Waals surface area contributed by atoms with E-state index in [2.05, 4.69) is 13.0 Å². The lowest BCUT2D eigenvalue weighted by atomic mass is 9.98. The van der Waals surface area contributed by atoms with Gasteiger partial charge in [0.1, 0.15) is 5.82 Å². The van der Waals surface area contributed by atoms with Crippen LogP contribution in [0.2, 0.25) is 0 Å². The number of carbonyl (C=O) groups is 1. The quantitative estimate of drug-likeness (QED) is 0.356. The number of aromatic carboxylic acids is 1. The first-order valence-corrected chi connectivity index (χ1v) is 10.6. The van der Waals surface area contributed by atoms with Gasteiger partial charge in [0.2, 0.25) is 0 Å². The van der Waals surface area contributed by atoms with Crippen molar-refractivity contribution in [3.8, 4) is 11.1 Å². The van der Waals surface area contributed by atoms with Crippen LogP contribution in [0.4, 0.5) is 0 Å².